The number of nitrogens with zero attached hydrogens (tertiary/aromatic N) is 1. The lowest BCUT2D eigenvalue weighted by Gasteiger charge is -2.24. The zero-order valence-electron chi connectivity index (χ0n) is 11.5. The third-order valence-electron chi connectivity index (χ3n) is 3.85. The van der Waals surface area contributed by atoms with Crippen molar-refractivity contribution in [1.82, 2.24) is 0 Å². The molecule has 0 bridgehead atoms. The summed E-state index contributed by atoms with van der Waals surface area (Å²) >= 11 is 0. The number of aliphatic hydroxyl groups excluding tert-OH is 2. The predicted molar refractivity (Wildman–Crippen MR) is 79.9 cm³/mol. The minimum Gasteiger partial charge on any atom is -0.385 e. The first kappa shape index (κ1) is 13.8. The van der Waals surface area contributed by atoms with Gasteiger partial charge in [-0.1, -0.05) is 48.5 Å². The fourth-order valence-corrected chi connectivity index (χ4v) is 2.69. The molecule has 1 amide bonds. The Kier molecular flexibility index (Phi) is 3.73. The van der Waals surface area contributed by atoms with Gasteiger partial charge in [0.1, 0.15) is 6.10 Å². The number of fused-ring (bicyclic) bond motifs is 1. The van der Waals surface area contributed by atoms with E-state index in [1.54, 1.807) is 29.2 Å². The van der Waals surface area contributed by atoms with Gasteiger partial charge >= 0.3 is 0 Å². The number of benzene rings is 2. The molecule has 1 aliphatic heterocycles. The van der Waals surface area contributed by atoms with E-state index in [4.69, 9.17) is 0 Å². The molecule has 4 heteroatoms. The van der Waals surface area contributed by atoms with Gasteiger partial charge < -0.3 is 15.1 Å². The van der Waals surface area contributed by atoms with Gasteiger partial charge in [0, 0.05) is 12.2 Å². The van der Waals surface area contributed by atoms with E-state index in [0.717, 1.165) is 17.7 Å². The molecule has 0 saturated heterocycles. The van der Waals surface area contributed by atoms with E-state index in [0.29, 0.717) is 12.1 Å². The molecule has 2 N–H and O–H groups in total. The second-order valence-corrected chi connectivity index (χ2v) is 5.17. The zero-order chi connectivity index (χ0) is 14.8. The standard InChI is InChI=1S/C17H17NO3/c19-15(13-7-2-1-3-8-13)16(20)17(21)18-11-10-12-6-4-5-9-14(12)18/h1-9,15-16,19-20H,10-11H2/t15-,16+/m1/s1. The third kappa shape index (κ3) is 2.55. The fraction of sp³-hybridized carbons (Fsp3) is 0.235. The Hall–Kier alpha value is -2.17. The van der Waals surface area contributed by atoms with Gasteiger partial charge in [0.25, 0.3) is 5.91 Å². The number of para-hydroxylation sites is 1. The van der Waals surface area contributed by atoms with Crippen molar-refractivity contribution >= 4 is 11.6 Å². The average molecular weight is 283 g/mol. The van der Waals surface area contributed by atoms with Crippen LogP contribution in [-0.4, -0.2) is 28.8 Å². The number of carbonyl (C=O) groups excluding carboxylic acids is 1. The smallest absolute Gasteiger partial charge is 0.258 e. The molecule has 3 rings (SSSR count). The third-order valence-corrected chi connectivity index (χ3v) is 3.85. The number of amides is 1. The van der Waals surface area contributed by atoms with Crippen LogP contribution in [0.1, 0.15) is 17.2 Å². The van der Waals surface area contributed by atoms with Crippen molar-refractivity contribution in [2.24, 2.45) is 0 Å². The molecule has 0 radical (unpaired) electrons. The number of carbonyl (C=O) groups is 1. The van der Waals surface area contributed by atoms with Crippen molar-refractivity contribution in [2.75, 3.05) is 11.4 Å². The molecule has 108 valence electrons. The molecule has 4 nitrogen and oxygen atoms in total. The molecule has 1 heterocycles. The summed E-state index contributed by atoms with van der Waals surface area (Å²) in [4.78, 5) is 14.0. The molecule has 0 fully saturated rings. The topological polar surface area (TPSA) is 60.8 Å². The molecule has 1 aliphatic rings. The number of rotatable bonds is 3. The number of hydrogen-bond donors (Lipinski definition) is 2. The largest absolute Gasteiger partial charge is 0.385 e. The van der Waals surface area contributed by atoms with E-state index in [2.05, 4.69) is 0 Å². The quantitative estimate of drug-likeness (QED) is 0.901. The van der Waals surface area contributed by atoms with Crippen molar-refractivity contribution in [3.8, 4) is 0 Å². The number of hydrogen-bond acceptors (Lipinski definition) is 3. The van der Waals surface area contributed by atoms with Crippen molar-refractivity contribution < 1.29 is 15.0 Å². The molecular formula is C17H17NO3. The molecule has 0 aliphatic carbocycles. The Bertz CT molecular complexity index is 641. The van der Waals surface area contributed by atoms with Crippen LogP contribution in [0.3, 0.4) is 0 Å². The van der Waals surface area contributed by atoms with Crippen molar-refractivity contribution in [1.29, 1.82) is 0 Å². The molecule has 0 unspecified atom stereocenters. The van der Waals surface area contributed by atoms with Gasteiger partial charge in [-0.25, -0.2) is 0 Å². The Balaban J connectivity index is 1.80. The molecule has 2 aromatic rings. The minimum absolute atomic E-state index is 0.462. The van der Waals surface area contributed by atoms with Crippen LogP contribution in [0.15, 0.2) is 54.6 Å². The van der Waals surface area contributed by atoms with Crippen LogP contribution >= 0.6 is 0 Å². The van der Waals surface area contributed by atoms with E-state index < -0.39 is 18.1 Å². The summed E-state index contributed by atoms with van der Waals surface area (Å²) in [5.74, 6) is -0.462. The van der Waals surface area contributed by atoms with Crippen LogP contribution in [0, 0.1) is 0 Å². The highest BCUT2D eigenvalue weighted by atomic mass is 16.3. The first-order chi connectivity index (χ1) is 10.2. The maximum absolute atomic E-state index is 12.4. The van der Waals surface area contributed by atoms with Crippen LogP contribution in [0.25, 0.3) is 0 Å². The van der Waals surface area contributed by atoms with Gasteiger partial charge in [-0.2, -0.15) is 0 Å². The van der Waals surface area contributed by atoms with Crippen LogP contribution in [-0.2, 0) is 11.2 Å². The van der Waals surface area contributed by atoms with E-state index in [1.165, 1.54) is 0 Å². The first-order valence-corrected chi connectivity index (χ1v) is 6.99. The summed E-state index contributed by atoms with van der Waals surface area (Å²) in [5, 5.41) is 20.4. The zero-order valence-corrected chi connectivity index (χ0v) is 11.5. The van der Waals surface area contributed by atoms with Crippen LogP contribution in [0.4, 0.5) is 5.69 Å². The summed E-state index contributed by atoms with van der Waals surface area (Å²) in [7, 11) is 0. The monoisotopic (exact) mass is 283 g/mol. The van der Waals surface area contributed by atoms with Crippen molar-refractivity contribution in [3.05, 3.63) is 65.7 Å². The maximum atomic E-state index is 12.4. The second-order valence-electron chi connectivity index (χ2n) is 5.17. The fourth-order valence-electron chi connectivity index (χ4n) is 2.69. The van der Waals surface area contributed by atoms with Crippen LogP contribution in [0.2, 0.25) is 0 Å². The second kappa shape index (κ2) is 5.68. The normalized spacial score (nSPS) is 16.4. The Labute approximate surface area is 123 Å². The van der Waals surface area contributed by atoms with E-state index in [1.807, 2.05) is 30.3 Å². The Morgan fingerprint density at radius 3 is 2.43 bits per heavy atom. The van der Waals surface area contributed by atoms with Crippen LogP contribution in [0.5, 0.6) is 0 Å². The van der Waals surface area contributed by atoms with Gasteiger partial charge in [0.15, 0.2) is 6.10 Å². The average Bonchev–Trinajstić information content (AvgIpc) is 2.97. The summed E-state index contributed by atoms with van der Waals surface area (Å²) in [6, 6.07) is 16.4. The molecule has 21 heavy (non-hydrogen) atoms. The Morgan fingerprint density at radius 1 is 1.00 bits per heavy atom. The molecule has 0 saturated carbocycles. The lowest BCUT2D eigenvalue weighted by Crippen LogP contribution is -2.41. The van der Waals surface area contributed by atoms with Gasteiger partial charge in [-0.15, -0.1) is 0 Å². The van der Waals surface area contributed by atoms with Crippen LogP contribution < -0.4 is 4.90 Å². The number of anilines is 1. The maximum Gasteiger partial charge on any atom is 0.258 e. The van der Waals surface area contributed by atoms with Gasteiger partial charge in [0.2, 0.25) is 0 Å². The van der Waals surface area contributed by atoms with Crippen molar-refractivity contribution in [3.63, 3.8) is 0 Å². The summed E-state index contributed by atoms with van der Waals surface area (Å²) in [6.07, 6.45) is -1.90. The van der Waals surface area contributed by atoms with E-state index in [-0.39, 0.29) is 0 Å². The highest BCUT2D eigenvalue weighted by Gasteiger charge is 2.33. The lowest BCUT2D eigenvalue weighted by molar-refractivity contribution is -0.132. The first-order valence-electron chi connectivity index (χ1n) is 6.99. The Morgan fingerprint density at radius 2 is 1.67 bits per heavy atom. The molecular weight excluding hydrogens is 266 g/mol. The van der Waals surface area contributed by atoms with Gasteiger partial charge in [0.05, 0.1) is 0 Å². The highest BCUT2D eigenvalue weighted by molar-refractivity contribution is 5.98. The lowest BCUT2D eigenvalue weighted by atomic mass is 10.0. The van der Waals surface area contributed by atoms with Gasteiger partial charge in [-0.3, -0.25) is 4.79 Å². The predicted octanol–water partition coefficient (Wildman–Crippen LogP) is 1.67. The highest BCUT2D eigenvalue weighted by Crippen LogP contribution is 2.29. The summed E-state index contributed by atoms with van der Waals surface area (Å²) in [6.45, 7) is 0.538. The molecule has 2 atom stereocenters. The minimum atomic E-state index is -1.46. The summed E-state index contributed by atoms with van der Waals surface area (Å²) < 4.78 is 0. The van der Waals surface area contributed by atoms with Crippen molar-refractivity contribution in [2.45, 2.75) is 18.6 Å². The van der Waals surface area contributed by atoms with E-state index in [9.17, 15) is 15.0 Å². The molecule has 2 aromatic carbocycles. The summed E-state index contributed by atoms with van der Waals surface area (Å²) in [5.41, 5.74) is 2.44. The van der Waals surface area contributed by atoms with E-state index >= 15 is 0 Å². The molecule has 0 aromatic heterocycles. The van der Waals surface area contributed by atoms with Gasteiger partial charge in [-0.05, 0) is 23.6 Å². The SMILES string of the molecule is O=C([C@@H](O)[C@H](O)c1ccccc1)N1CCc2ccccc21. The molecule has 0 spiro atoms. The number of aliphatic hydroxyl groups is 2.